The summed E-state index contributed by atoms with van der Waals surface area (Å²) >= 11 is 0. The van der Waals surface area contributed by atoms with Crippen LogP contribution in [0.3, 0.4) is 0 Å². The monoisotopic (exact) mass is 318 g/mol. The van der Waals surface area contributed by atoms with Gasteiger partial charge in [0.05, 0.1) is 15.9 Å². The summed E-state index contributed by atoms with van der Waals surface area (Å²) < 4.78 is 5.28. The summed E-state index contributed by atoms with van der Waals surface area (Å²) in [5.41, 5.74) is -1.51. The Labute approximate surface area is 129 Å². The Morgan fingerprint density at radius 3 is 2.17 bits per heavy atom. The molecule has 0 aliphatic rings. The highest BCUT2D eigenvalue weighted by Crippen LogP contribution is 2.35. The number of carboxylic acids is 1. The minimum absolute atomic E-state index is 0.0431. The molecule has 2 aromatic carbocycles. The van der Waals surface area contributed by atoms with Crippen molar-refractivity contribution in [3.63, 3.8) is 0 Å². The van der Waals surface area contributed by atoms with Crippen LogP contribution in [-0.2, 0) is 6.61 Å². The van der Waals surface area contributed by atoms with Gasteiger partial charge < -0.3 is 9.84 Å². The average molecular weight is 318 g/mol. The Hall–Kier alpha value is -3.49. The lowest BCUT2D eigenvalue weighted by molar-refractivity contribution is -0.395. The van der Waals surface area contributed by atoms with Crippen LogP contribution < -0.4 is 4.74 Å². The number of nitro benzene ring substituents is 2. The second-order valence-corrected chi connectivity index (χ2v) is 4.43. The Balaban J connectivity index is 2.44. The number of rotatable bonds is 6. The molecular formula is C14H10N2O7. The largest absolute Gasteiger partial charge is 0.482 e. The highest BCUT2D eigenvalue weighted by atomic mass is 16.6. The van der Waals surface area contributed by atoms with E-state index in [-0.39, 0.29) is 12.4 Å². The SMILES string of the molecule is O=C(O)c1cc(OCc2ccccc2)c([N+](=O)[O-])cc1[N+](=O)[O-]. The van der Waals surface area contributed by atoms with E-state index in [0.717, 1.165) is 6.07 Å². The quantitative estimate of drug-likeness (QED) is 0.639. The molecule has 0 atom stereocenters. The molecule has 9 nitrogen and oxygen atoms in total. The maximum absolute atomic E-state index is 11.1. The van der Waals surface area contributed by atoms with Crippen LogP contribution in [0, 0.1) is 20.2 Å². The fraction of sp³-hybridized carbons (Fsp3) is 0.0714. The highest BCUT2D eigenvalue weighted by Gasteiger charge is 2.28. The lowest BCUT2D eigenvalue weighted by atomic mass is 10.1. The average Bonchev–Trinajstić information content (AvgIpc) is 2.52. The summed E-state index contributed by atoms with van der Waals surface area (Å²) in [5, 5.41) is 30.9. The maximum atomic E-state index is 11.1. The molecule has 0 spiro atoms. The molecule has 0 amide bonds. The van der Waals surface area contributed by atoms with Gasteiger partial charge in [0.15, 0.2) is 5.75 Å². The number of carboxylic acid groups (broad SMARTS) is 1. The summed E-state index contributed by atoms with van der Waals surface area (Å²) in [6.07, 6.45) is 0. The number of benzene rings is 2. The molecule has 1 N–H and O–H groups in total. The third kappa shape index (κ3) is 3.59. The number of hydrogen-bond donors (Lipinski definition) is 1. The maximum Gasteiger partial charge on any atom is 0.342 e. The molecule has 0 saturated carbocycles. The first kappa shape index (κ1) is 15.9. The standard InChI is InChI=1S/C14H10N2O7/c17-14(18)10-6-13(23-8-9-4-2-1-3-5-9)12(16(21)22)7-11(10)15(19)20/h1-7H,8H2,(H,17,18). The predicted octanol–water partition coefficient (Wildman–Crippen LogP) is 2.78. The first-order valence-electron chi connectivity index (χ1n) is 6.27. The second-order valence-electron chi connectivity index (χ2n) is 4.43. The van der Waals surface area contributed by atoms with E-state index in [1.807, 2.05) is 0 Å². The smallest absolute Gasteiger partial charge is 0.342 e. The fourth-order valence-electron chi connectivity index (χ4n) is 1.87. The van der Waals surface area contributed by atoms with Crippen molar-refractivity contribution in [2.75, 3.05) is 0 Å². The number of hydrogen-bond acceptors (Lipinski definition) is 6. The van der Waals surface area contributed by atoms with Crippen molar-refractivity contribution < 1.29 is 24.5 Å². The number of carbonyl (C=O) groups is 1. The molecule has 0 aromatic heterocycles. The molecule has 2 aromatic rings. The van der Waals surface area contributed by atoms with Gasteiger partial charge in [-0.1, -0.05) is 30.3 Å². The lowest BCUT2D eigenvalue weighted by Gasteiger charge is -2.08. The van der Waals surface area contributed by atoms with E-state index >= 15 is 0 Å². The first-order valence-corrected chi connectivity index (χ1v) is 6.27. The molecule has 0 bridgehead atoms. The van der Waals surface area contributed by atoms with E-state index in [1.165, 1.54) is 0 Å². The van der Waals surface area contributed by atoms with Crippen molar-refractivity contribution in [3.8, 4) is 5.75 Å². The Kier molecular flexibility index (Phi) is 4.50. The minimum Gasteiger partial charge on any atom is -0.482 e. The van der Waals surface area contributed by atoms with E-state index in [1.54, 1.807) is 30.3 Å². The summed E-state index contributed by atoms with van der Waals surface area (Å²) in [5.74, 6) is -1.92. The van der Waals surface area contributed by atoms with Gasteiger partial charge in [0.25, 0.3) is 5.69 Å². The normalized spacial score (nSPS) is 10.1. The number of aromatic carboxylic acids is 1. The minimum atomic E-state index is -1.57. The summed E-state index contributed by atoms with van der Waals surface area (Å²) in [4.78, 5) is 31.2. The van der Waals surface area contributed by atoms with E-state index in [9.17, 15) is 25.0 Å². The highest BCUT2D eigenvalue weighted by molar-refractivity contribution is 5.93. The van der Waals surface area contributed by atoms with E-state index < -0.39 is 32.8 Å². The van der Waals surface area contributed by atoms with Gasteiger partial charge in [-0.05, 0) is 5.56 Å². The van der Waals surface area contributed by atoms with Crippen LogP contribution in [0.25, 0.3) is 0 Å². The number of nitro groups is 2. The molecule has 0 heterocycles. The molecular weight excluding hydrogens is 308 g/mol. The van der Waals surface area contributed by atoms with Crippen molar-refractivity contribution in [1.82, 2.24) is 0 Å². The van der Waals surface area contributed by atoms with Gasteiger partial charge in [-0.25, -0.2) is 4.79 Å². The second kappa shape index (κ2) is 6.52. The van der Waals surface area contributed by atoms with Crippen LogP contribution in [0.2, 0.25) is 0 Å². The molecule has 0 radical (unpaired) electrons. The van der Waals surface area contributed by atoms with Crippen molar-refractivity contribution in [3.05, 3.63) is 73.8 Å². The molecule has 0 aliphatic heterocycles. The van der Waals surface area contributed by atoms with Crippen molar-refractivity contribution >= 4 is 17.3 Å². The third-order valence-corrected chi connectivity index (χ3v) is 2.94. The van der Waals surface area contributed by atoms with Gasteiger partial charge in [0.1, 0.15) is 12.2 Å². The molecule has 23 heavy (non-hydrogen) atoms. The Bertz CT molecular complexity index is 774. The summed E-state index contributed by atoms with van der Waals surface area (Å²) in [6, 6.07) is 10.1. The zero-order chi connectivity index (χ0) is 17.0. The van der Waals surface area contributed by atoms with Crippen molar-refractivity contribution in [2.45, 2.75) is 6.61 Å². The summed E-state index contributed by atoms with van der Waals surface area (Å²) in [6.45, 7) is -0.0431. The Morgan fingerprint density at radius 1 is 1.04 bits per heavy atom. The van der Waals surface area contributed by atoms with Crippen LogP contribution in [0.15, 0.2) is 42.5 Å². The van der Waals surface area contributed by atoms with Gasteiger partial charge in [-0.2, -0.15) is 0 Å². The Morgan fingerprint density at radius 2 is 1.65 bits per heavy atom. The van der Waals surface area contributed by atoms with Crippen LogP contribution in [-0.4, -0.2) is 20.9 Å². The van der Waals surface area contributed by atoms with Crippen LogP contribution in [0.4, 0.5) is 11.4 Å². The van der Waals surface area contributed by atoms with Crippen LogP contribution in [0.5, 0.6) is 5.75 Å². The van der Waals surface area contributed by atoms with Gasteiger partial charge in [0, 0.05) is 6.07 Å². The fourth-order valence-corrected chi connectivity index (χ4v) is 1.87. The van der Waals surface area contributed by atoms with Crippen molar-refractivity contribution in [2.24, 2.45) is 0 Å². The number of ether oxygens (including phenoxy) is 1. The number of nitrogens with zero attached hydrogens (tertiary/aromatic N) is 2. The molecule has 9 heteroatoms. The zero-order valence-corrected chi connectivity index (χ0v) is 11.5. The van der Waals surface area contributed by atoms with E-state index in [2.05, 4.69) is 0 Å². The zero-order valence-electron chi connectivity index (χ0n) is 11.5. The van der Waals surface area contributed by atoms with E-state index in [4.69, 9.17) is 9.84 Å². The first-order chi connectivity index (χ1) is 10.9. The topological polar surface area (TPSA) is 133 Å². The molecule has 2 rings (SSSR count). The van der Waals surface area contributed by atoms with Gasteiger partial charge in [-0.15, -0.1) is 0 Å². The van der Waals surface area contributed by atoms with E-state index in [0.29, 0.717) is 11.6 Å². The van der Waals surface area contributed by atoms with Gasteiger partial charge >= 0.3 is 11.7 Å². The van der Waals surface area contributed by atoms with Crippen LogP contribution >= 0.6 is 0 Å². The molecule has 0 unspecified atom stereocenters. The molecule has 0 aliphatic carbocycles. The molecule has 0 fully saturated rings. The van der Waals surface area contributed by atoms with Gasteiger partial charge in [-0.3, -0.25) is 20.2 Å². The third-order valence-electron chi connectivity index (χ3n) is 2.94. The molecule has 0 saturated heterocycles. The predicted molar refractivity (Wildman–Crippen MR) is 77.5 cm³/mol. The van der Waals surface area contributed by atoms with Gasteiger partial charge in [0.2, 0.25) is 0 Å². The molecule has 118 valence electrons. The van der Waals surface area contributed by atoms with Crippen LogP contribution in [0.1, 0.15) is 15.9 Å². The lowest BCUT2D eigenvalue weighted by Crippen LogP contribution is -2.06. The summed E-state index contributed by atoms with van der Waals surface area (Å²) in [7, 11) is 0. The van der Waals surface area contributed by atoms with Crippen molar-refractivity contribution in [1.29, 1.82) is 0 Å².